The smallest absolute Gasteiger partial charge is 0.335 e. The molecule has 34 heavy (non-hydrogen) atoms. The number of carbonyl (C=O) groups is 1. The Hall–Kier alpha value is -2.44. The molecule has 1 aromatic carbocycles. The fraction of sp³-hybridized carbons (Fsp3) is 0.571. The number of carboxylic acids is 1. The summed E-state index contributed by atoms with van der Waals surface area (Å²) >= 11 is 0. The van der Waals surface area contributed by atoms with Crippen molar-refractivity contribution in [2.75, 3.05) is 13.2 Å². The molecule has 6 heteroatoms. The van der Waals surface area contributed by atoms with Crippen LogP contribution >= 0.6 is 0 Å². The van der Waals surface area contributed by atoms with Gasteiger partial charge in [0.05, 0.1) is 16.9 Å². The second kappa shape index (κ2) is 8.35. The van der Waals surface area contributed by atoms with E-state index < -0.39 is 5.97 Å². The molecule has 6 nitrogen and oxygen atoms in total. The molecule has 6 atom stereocenters. The molecular weight excluding hydrogens is 426 g/mol. The first-order valence-corrected chi connectivity index (χ1v) is 12.6. The lowest BCUT2D eigenvalue weighted by molar-refractivity contribution is -0.0536. The molecule has 0 saturated heterocycles. The number of aliphatic hydroxyl groups excluding tert-OH is 1. The lowest BCUT2D eigenvalue weighted by Crippen LogP contribution is -2.53. The highest BCUT2D eigenvalue weighted by molar-refractivity contribution is 5.87. The van der Waals surface area contributed by atoms with Crippen LogP contribution in [0.5, 0.6) is 0 Å². The summed E-state index contributed by atoms with van der Waals surface area (Å²) in [6.45, 7) is 10.0. The summed E-state index contributed by atoms with van der Waals surface area (Å²) < 4.78 is 1.86. The van der Waals surface area contributed by atoms with Crippen molar-refractivity contribution in [1.29, 1.82) is 0 Å². The highest BCUT2D eigenvalue weighted by Gasteiger charge is 2.56. The zero-order chi connectivity index (χ0) is 24.3. The van der Waals surface area contributed by atoms with Gasteiger partial charge in [0.25, 0.3) is 0 Å². The third-order valence-electron chi connectivity index (χ3n) is 9.93. The van der Waals surface area contributed by atoms with Gasteiger partial charge in [-0.2, -0.15) is 5.10 Å². The van der Waals surface area contributed by atoms with Gasteiger partial charge in [-0.05, 0) is 109 Å². The van der Waals surface area contributed by atoms with Crippen molar-refractivity contribution in [2.45, 2.75) is 52.4 Å². The first-order valence-electron chi connectivity index (χ1n) is 12.6. The molecule has 4 N–H and O–H groups in total. The summed E-state index contributed by atoms with van der Waals surface area (Å²) in [6, 6.07) is 6.81. The van der Waals surface area contributed by atoms with Gasteiger partial charge in [-0.1, -0.05) is 26.0 Å². The van der Waals surface area contributed by atoms with Gasteiger partial charge in [0.1, 0.15) is 0 Å². The lowest BCUT2D eigenvalue weighted by atomic mass is 9.49. The van der Waals surface area contributed by atoms with Crippen molar-refractivity contribution in [3.63, 3.8) is 0 Å². The first kappa shape index (κ1) is 23.3. The number of carboxylic acid groups (broad SMARTS) is 1. The minimum Gasteiger partial charge on any atom is -0.478 e. The number of rotatable bonds is 5. The molecule has 2 fully saturated rings. The SMILES string of the molecule is C=C1CC[C@H]2[C@H](CN)[C@@H]([C@@]3(C)Cc4cn(-c5ccc(C(=O)O)cc5)nc4C[C@@H]3CO)CC[C@]12C. The maximum Gasteiger partial charge on any atom is 0.335 e. The summed E-state index contributed by atoms with van der Waals surface area (Å²) in [5.41, 5.74) is 11.4. The summed E-state index contributed by atoms with van der Waals surface area (Å²) in [4.78, 5) is 11.2. The quantitative estimate of drug-likeness (QED) is 0.576. The van der Waals surface area contributed by atoms with E-state index in [2.05, 4.69) is 26.6 Å². The van der Waals surface area contributed by atoms with Crippen molar-refractivity contribution in [1.82, 2.24) is 9.78 Å². The molecule has 182 valence electrons. The topological polar surface area (TPSA) is 101 Å². The molecule has 0 spiro atoms. The van der Waals surface area contributed by atoms with Crippen molar-refractivity contribution < 1.29 is 15.0 Å². The number of nitrogens with zero attached hydrogens (tertiary/aromatic N) is 2. The van der Waals surface area contributed by atoms with Crippen LogP contribution in [0.2, 0.25) is 0 Å². The Balaban J connectivity index is 1.46. The third kappa shape index (κ3) is 3.45. The molecule has 5 rings (SSSR count). The van der Waals surface area contributed by atoms with Crippen LogP contribution in [0.1, 0.15) is 61.1 Å². The Morgan fingerprint density at radius 3 is 2.62 bits per heavy atom. The Kier molecular flexibility index (Phi) is 5.72. The van der Waals surface area contributed by atoms with Crippen molar-refractivity contribution in [3.8, 4) is 5.69 Å². The molecule has 1 aromatic heterocycles. The van der Waals surface area contributed by atoms with Crippen LogP contribution in [0.4, 0.5) is 0 Å². The van der Waals surface area contributed by atoms with E-state index in [1.807, 2.05) is 4.68 Å². The van der Waals surface area contributed by atoms with E-state index >= 15 is 0 Å². The van der Waals surface area contributed by atoms with Gasteiger partial charge in [-0.3, -0.25) is 0 Å². The van der Waals surface area contributed by atoms with Crippen LogP contribution in [0.3, 0.4) is 0 Å². The van der Waals surface area contributed by atoms with Crippen LogP contribution in [-0.2, 0) is 12.8 Å². The summed E-state index contributed by atoms with van der Waals surface area (Å²) in [7, 11) is 0. The number of fused-ring (bicyclic) bond motifs is 2. The fourth-order valence-electron chi connectivity index (χ4n) is 7.72. The molecule has 3 aliphatic rings. The van der Waals surface area contributed by atoms with E-state index in [1.165, 1.54) is 17.6 Å². The molecule has 0 unspecified atom stereocenters. The van der Waals surface area contributed by atoms with E-state index in [1.54, 1.807) is 24.3 Å². The minimum absolute atomic E-state index is 0.0436. The molecule has 0 amide bonds. The first-order chi connectivity index (χ1) is 16.2. The number of aliphatic hydroxyl groups is 1. The molecule has 3 aliphatic carbocycles. The minimum atomic E-state index is -0.934. The van der Waals surface area contributed by atoms with Crippen molar-refractivity contribution >= 4 is 5.97 Å². The summed E-state index contributed by atoms with van der Waals surface area (Å²) in [6.07, 6.45) is 8.32. The predicted octanol–water partition coefficient (Wildman–Crippen LogP) is 4.24. The second-order valence-corrected chi connectivity index (χ2v) is 11.4. The molecule has 0 aliphatic heterocycles. The maximum atomic E-state index is 11.2. The van der Waals surface area contributed by atoms with Crippen molar-refractivity contribution in [3.05, 3.63) is 59.4 Å². The monoisotopic (exact) mass is 463 g/mol. The zero-order valence-corrected chi connectivity index (χ0v) is 20.3. The van der Waals surface area contributed by atoms with Gasteiger partial charge in [-0.25, -0.2) is 9.48 Å². The van der Waals surface area contributed by atoms with Gasteiger partial charge < -0.3 is 15.9 Å². The molecular formula is C28H37N3O3. The highest BCUT2D eigenvalue weighted by Crippen LogP contribution is 2.62. The normalized spacial score (nSPS) is 35.1. The molecule has 0 radical (unpaired) electrons. The summed E-state index contributed by atoms with van der Waals surface area (Å²) in [5.74, 6) is 0.696. The number of nitrogens with two attached hydrogens (primary N) is 1. The second-order valence-electron chi connectivity index (χ2n) is 11.4. The average Bonchev–Trinajstić information content (AvgIpc) is 3.37. The van der Waals surface area contributed by atoms with E-state index in [0.29, 0.717) is 24.3 Å². The number of aromatic carboxylic acids is 1. The van der Waals surface area contributed by atoms with Crippen molar-refractivity contribution in [2.24, 2.45) is 40.2 Å². The maximum absolute atomic E-state index is 11.2. The predicted molar refractivity (Wildman–Crippen MR) is 132 cm³/mol. The van der Waals surface area contributed by atoms with Gasteiger partial charge in [-0.15, -0.1) is 0 Å². The van der Waals surface area contributed by atoms with Crippen LogP contribution in [0.15, 0.2) is 42.6 Å². The van der Waals surface area contributed by atoms with E-state index in [-0.39, 0.29) is 28.9 Å². The van der Waals surface area contributed by atoms with Gasteiger partial charge >= 0.3 is 5.97 Å². The third-order valence-corrected chi connectivity index (χ3v) is 9.93. The van der Waals surface area contributed by atoms with Crippen LogP contribution in [0, 0.1) is 34.5 Å². The number of hydrogen-bond donors (Lipinski definition) is 3. The van der Waals surface area contributed by atoms with Crippen LogP contribution in [0.25, 0.3) is 5.69 Å². The number of aromatic nitrogens is 2. The van der Waals surface area contributed by atoms with E-state index in [9.17, 15) is 15.0 Å². The number of benzene rings is 1. The molecule has 0 bridgehead atoms. The number of hydrogen-bond acceptors (Lipinski definition) is 4. The van der Waals surface area contributed by atoms with E-state index in [4.69, 9.17) is 10.8 Å². The molecule has 2 aromatic rings. The van der Waals surface area contributed by atoms with E-state index in [0.717, 1.165) is 43.5 Å². The van der Waals surface area contributed by atoms with Crippen LogP contribution < -0.4 is 5.73 Å². The van der Waals surface area contributed by atoms with Crippen LogP contribution in [-0.4, -0.2) is 39.1 Å². The Morgan fingerprint density at radius 2 is 1.97 bits per heavy atom. The Labute approximate surface area is 201 Å². The molecule has 2 saturated carbocycles. The summed E-state index contributed by atoms with van der Waals surface area (Å²) in [5, 5.41) is 24.5. The van der Waals surface area contributed by atoms with Gasteiger partial charge in [0, 0.05) is 12.8 Å². The highest BCUT2D eigenvalue weighted by atomic mass is 16.4. The standard InChI is InChI=1S/C28H37N3O3/c1-17-4-9-23-22(14-29)24(10-11-27(17,23)2)28(3)13-19-15-31(30-25(19)12-20(28)16-32)21-7-5-18(6-8-21)26(33)34/h5-8,15,20,22-24,32H,1,4,9-14,16,29H2,2-3H3,(H,33,34)/t20-,22+,23+,24+,27-,28+/m1/s1. The molecule has 1 heterocycles. The lowest BCUT2D eigenvalue weighted by Gasteiger charge is -2.55. The number of allylic oxidation sites excluding steroid dienone is 1. The Morgan fingerprint density at radius 1 is 1.24 bits per heavy atom. The largest absolute Gasteiger partial charge is 0.478 e. The average molecular weight is 464 g/mol. The van der Waals surface area contributed by atoms with Gasteiger partial charge in [0.2, 0.25) is 0 Å². The zero-order valence-electron chi connectivity index (χ0n) is 20.3. The van der Waals surface area contributed by atoms with Gasteiger partial charge in [0.15, 0.2) is 0 Å². The fourth-order valence-corrected chi connectivity index (χ4v) is 7.72. The Bertz CT molecular complexity index is 1110.